The number of sulfonamides is 1. The van der Waals surface area contributed by atoms with Gasteiger partial charge in [-0.15, -0.1) is 0 Å². The first kappa shape index (κ1) is 18.9. The van der Waals surface area contributed by atoms with Gasteiger partial charge in [0.25, 0.3) is 5.56 Å². The summed E-state index contributed by atoms with van der Waals surface area (Å²) in [4.78, 5) is 28.8. The molecule has 0 bridgehead atoms. The Bertz CT molecular complexity index is 1110. The molecule has 4 rings (SSSR count). The van der Waals surface area contributed by atoms with Crippen molar-refractivity contribution in [2.75, 3.05) is 31.1 Å². The summed E-state index contributed by atoms with van der Waals surface area (Å²) in [6.07, 6.45) is 0. The molecule has 2 atom stereocenters. The molecule has 2 aromatic rings. The molecule has 1 aromatic heterocycles. The predicted octanol–water partition coefficient (Wildman–Crippen LogP) is 0.447. The molecule has 1 aromatic carbocycles. The Morgan fingerprint density at radius 1 is 0.964 bits per heavy atom. The molecule has 2 aliphatic rings. The summed E-state index contributed by atoms with van der Waals surface area (Å²) in [6.45, 7) is 6.01. The van der Waals surface area contributed by atoms with Crippen LogP contribution < -0.4 is 16.1 Å². The van der Waals surface area contributed by atoms with Gasteiger partial charge < -0.3 is 4.90 Å². The van der Waals surface area contributed by atoms with E-state index in [1.807, 2.05) is 24.8 Å². The average Bonchev–Trinajstić information content (AvgIpc) is 3.21. The van der Waals surface area contributed by atoms with Crippen LogP contribution in [0.25, 0.3) is 0 Å². The zero-order valence-corrected chi connectivity index (χ0v) is 17.0. The Morgan fingerprint density at radius 3 is 2.18 bits per heavy atom. The van der Waals surface area contributed by atoms with Crippen LogP contribution in [-0.4, -0.2) is 48.5 Å². The Hall–Kier alpha value is -2.39. The van der Waals surface area contributed by atoms with E-state index in [-0.39, 0.29) is 17.4 Å². The summed E-state index contributed by atoms with van der Waals surface area (Å²) in [7, 11) is -2.09. The molecule has 2 aliphatic heterocycles. The number of nitrogens with zero attached hydrogens (tertiary/aromatic N) is 3. The summed E-state index contributed by atoms with van der Waals surface area (Å²) in [5, 5.41) is 0. The van der Waals surface area contributed by atoms with Gasteiger partial charge in [0.2, 0.25) is 10.0 Å². The third kappa shape index (κ3) is 3.08. The molecule has 8 nitrogen and oxygen atoms in total. The van der Waals surface area contributed by atoms with Gasteiger partial charge in [-0.05, 0) is 48.9 Å². The second kappa shape index (κ2) is 6.59. The number of hydrogen-bond donors (Lipinski definition) is 1. The van der Waals surface area contributed by atoms with E-state index in [9.17, 15) is 18.0 Å². The lowest BCUT2D eigenvalue weighted by Gasteiger charge is -2.22. The van der Waals surface area contributed by atoms with Crippen LogP contribution in [0.1, 0.15) is 11.1 Å². The third-order valence-corrected chi connectivity index (χ3v) is 7.87. The Kier molecular flexibility index (Phi) is 4.46. The molecule has 2 saturated heterocycles. The van der Waals surface area contributed by atoms with Crippen molar-refractivity contribution in [3.05, 3.63) is 56.2 Å². The van der Waals surface area contributed by atoms with Crippen LogP contribution in [-0.2, 0) is 17.1 Å². The number of anilines is 1. The Balaban J connectivity index is 1.52. The fourth-order valence-corrected chi connectivity index (χ4v) is 5.72. The van der Waals surface area contributed by atoms with Crippen molar-refractivity contribution in [2.45, 2.75) is 18.7 Å². The van der Waals surface area contributed by atoms with E-state index in [1.165, 1.54) is 13.1 Å². The molecule has 3 heterocycles. The van der Waals surface area contributed by atoms with Crippen molar-refractivity contribution in [2.24, 2.45) is 18.9 Å². The lowest BCUT2D eigenvalue weighted by molar-refractivity contribution is 0.453. The molecule has 0 amide bonds. The number of fused-ring (bicyclic) bond motifs is 1. The molecule has 150 valence electrons. The van der Waals surface area contributed by atoms with E-state index < -0.39 is 15.7 Å². The first-order valence-electron chi connectivity index (χ1n) is 9.29. The highest BCUT2D eigenvalue weighted by atomic mass is 32.2. The van der Waals surface area contributed by atoms with Crippen molar-refractivity contribution in [1.29, 1.82) is 0 Å². The summed E-state index contributed by atoms with van der Waals surface area (Å²) in [5.41, 5.74) is 1.23. The number of aromatic amines is 1. The van der Waals surface area contributed by atoms with Crippen molar-refractivity contribution < 1.29 is 8.42 Å². The van der Waals surface area contributed by atoms with Crippen molar-refractivity contribution in [3.63, 3.8) is 0 Å². The molecular formula is C19H24N4O4S. The largest absolute Gasteiger partial charge is 0.357 e. The molecule has 2 unspecified atom stereocenters. The van der Waals surface area contributed by atoms with Crippen molar-refractivity contribution >= 4 is 15.8 Å². The smallest absolute Gasteiger partial charge is 0.329 e. The zero-order valence-electron chi connectivity index (χ0n) is 16.2. The van der Waals surface area contributed by atoms with E-state index in [1.54, 1.807) is 16.4 Å². The maximum absolute atomic E-state index is 13.0. The van der Waals surface area contributed by atoms with E-state index in [0.717, 1.165) is 15.7 Å². The molecule has 0 aliphatic carbocycles. The maximum Gasteiger partial charge on any atom is 0.329 e. The van der Waals surface area contributed by atoms with Crippen LogP contribution in [0, 0.1) is 25.7 Å². The minimum atomic E-state index is -3.52. The van der Waals surface area contributed by atoms with Gasteiger partial charge in [0, 0.05) is 39.3 Å². The van der Waals surface area contributed by atoms with Crippen molar-refractivity contribution in [3.8, 4) is 0 Å². The van der Waals surface area contributed by atoms with Crippen LogP contribution >= 0.6 is 0 Å². The number of rotatable bonds is 3. The predicted molar refractivity (Wildman–Crippen MR) is 106 cm³/mol. The molecule has 9 heteroatoms. The third-order valence-electron chi connectivity index (χ3n) is 6.04. The molecule has 0 saturated carbocycles. The van der Waals surface area contributed by atoms with E-state index in [4.69, 9.17) is 0 Å². The Labute approximate surface area is 163 Å². The molecular weight excluding hydrogens is 380 g/mol. The second-order valence-electron chi connectivity index (χ2n) is 7.85. The number of benzene rings is 1. The molecule has 2 fully saturated rings. The highest BCUT2D eigenvalue weighted by molar-refractivity contribution is 7.89. The van der Waals surface area contributed by atoms with Crippen LogP contribution in [0.5, 0.6) is 0 Å². The van der Waals surface area contributed by atoms with E-state index >= 15 is 0 Å². The first-order valence-corrected chi connectivity index (χ1v) is 10.7. The highest BCUT2D eigenvalue weighted by Gasteiger charge is 2.44. The fraction of sp³-hybridized carbons (Fsp3) is 0.474. The first-order chi connectivity index (χ1) is 13.2. The molecule has 0 spiro atoms. The van der Waals surface area contributed by atoms with Gasteiger partial charge in [-0.3, -0.25) is 14.3 Å². The lowest BCUT2D eigenvalue weighted by atomic mass is 10.0. The summed E-state index contributed by atoms with van der Waals surface area (Å²) < 4.78 is 28.6. The average molecular weight is 404 g/mol. The minimum absolute atomic E-state index is 0.175. The van der Waals surface area contributed by atoms with Crippen LogP contribution in [0.2, 0.25) is 0 Å². The number of hydrogen-bond acceptors (Lipinski definition) is 5. The van der Waals surface area contributed by atoms with Gasteiger partial charge in [-0.1, -0.05) is 6.07 Å². The van der Waals surface area contributed by atoms with Crippen LogP contribution in [0.15, 0.2) is 38.8 Å². The van der Waals surface area contributed by atoms with E-state index in [0.29, 0.717) is 36.9 Å². The molecule has 1 N–H and O–H groups in total. The zero-order chi connectivity index (χ0) is 20.2. The molecule has 0 radical (unpaired) electrons. The summed E-state index contributed by atoms with van der Waals surface area (Å²) in [6, 6.07) is 6.66. The topological polar surface area (TPSA) is 95.5 Å². The number of H-pyrrole nitrogens is 1. The van der Waals surface area contributed by atoms with Gasteiger partial charge in [0.15, 0.2) is 0 Å². The van der Waals surface area contributed by atoms with Gasteiger partial charge in [-0.2, -0.15) is 4.31 Å². The van der Waals surface area contributed by atoms with Gasteiger partial charge in [0.05, 0.1) is 4.90 Å². The minimum Gasteiger partial charge on any atom is -0.357 e. The van der Waals surface area contributed by atoms with Crippen molar-refractivity contribution in [1.82, 2.24) is 13.9 Å². The van der Waals surface area contributed by atoms with Gasteiger partial charge in [0.1, 0.15) is 5.82 Å². The lowest BCUT2D eigenvalue weighted by Crippen LogP contribution is -2.37. The quantitative estimate of drug-likeness (QED) is 0.801. The number of aryl methyl sites for hydroxylation is 2. The fourth-order valence-electron chi connectivity index (χ4n) is 4.08. The number of nitrogens with one attached hydrogen (secondary N) is 1. The maximum atomic E-state index is 13.0. The SMILES string of the molecule is Cc1ccc(S(=O)(=O)N2CC3CN(c4cc(=O)n(C)c(=O)[nH]4)CC3C2)cc1C. The highest BCUT2D eigenvalue weighted by Crippen LogP contribution is 2.35. The van der Waals surface area contributed by atoms with Gasteiger partial charge in [-0.25, -0.2) is 13.2 Å². The Morgan fingerprint density at radius 2 is 1.61 bits per heavy atom. The second-order valence-corrected chi connectivity index (χ2v) is 9.79. The van der Waals surface area contributed by atoms with Crippen LogP contribution in [0.3, 0.4) is 0 Å². The van der Waals surface area contributed by atoms with Crippen LogP contribution in [0.4, 0.5) is 5.82 Å². The van der Waals surface area contributed by atoms with Gasteiger partial charge >= 0.3 is 5.69 Å². The monoisotopic (exact) mass is 404 g/mol. The summed E-state index contributed by atoms with van der Waals surface area (Å²) >= 11 is 0. The standard InChI is InChI=1S/C19H24N4O4S/c1-12-4-5-16(6-13(12)2)28(26,27)23-10-14-8-22(9-15(14)11-23)17-7-18(24)21(3)19(25)20-17/h4-7,14-15H,8-11H2,1-3H3,(H,20,25). The van der Waals surface area contributed by atoms with E-state index in [2.05, 4.69) is 4.98 Å². The molecule has 28 heavy (non-hydrogen) atoms. The summed E-state index contributed by atoms with van der Waals surface area (Å²) in [5.74, 6) is 0.855. The number of aromatic nitrogens is 2. The normalized spacial score (nSPS) is 22.6.